The van der Waals surface area contributed by atoms with Crippen molar-refractivity contribution in [1.29, 1.82) is 0 Å². The van der Waals surface area contributed by atoms with Gasteiger partial charge >= 0.3 is 6.03 Å². The van der Waals surface area contributed by atoms with E-state index in [1.54, 1.807) is 51.6 Å². The zero-order valence-corrected chi connectivity index (χ0v) is 8.16. The van der Waals surface area contributed by atoms with Crippen LogP contribution in [0.4, 0.5) is 4.79 Å². The van der Waals surface area contributed by atoms with Crippen LogP contribution in [0.1, 0.15) is 0 Å². The minimum atomic E-state index is -0.0139. The van der Waals surface area contributed by atoms with Gasteiger partial charge in [-0.3, -0.25) is 0 Å². The van der Waals surface area contributed by atoms with Gasteiger partial charge in [0.25, 0.3) is 0 Å². The molecule has 2 unspecified atom stereocenters. The van der Waals surface area contributed by atoms with Crippen molar-refractivity contribution in [2.24, 2.45) is 9.98 Å². The van der Waals surface area contributed by atoms with Gasteiger partial charge in [0.05, 0.1) is 26.5 Å². The van der Waals surface area contributed by atoms with Crippen molar-refractivity contribution in [2.75, 3.05) is 14.1 Å². The molecule has 2 heterocycles. The summed E-state index contributed by atoms with van der Waals surface area (Å²) in [5, 5.41) is 0. The molecule has 0 aromatic carbocycles. The molecule has 0 radical (unpaired) electrons. The average Bonchev–Trinajstić information content (AvgIpc) is 2.75. The van der Waals surface area contributed by atoms with E-state index in [0.717, 1.165) is 0 Å². The molecule has 0 saturated carbocycles. The molecule has 0 aromatic rings. The smallest absolute Gasteiger partial charge is 0.205 e. The number of carbonyl (C=O) groups excluding carboxylic acids is 1. The SMILES string of the molecule is C[N+]1(C(=O)[N+]2(C)C=CN=C2)C=CN=C1. The molecule has 2 aliphatic heterocycles. The maximum absolute atomic E-state index is 12.2. The van der Waals surface area contributed by atoms with Crippen molar-refractivity contribution in [3.63, 3.8) is 0 Å². The third-order valence-electron chi connectivity index (χ3n) is 2.36. The molecule has 5 heteroatoms. The van der Waals surface area contributed by atoms with Gasteiger partial charge in [-0.2, -0.15) is 4.79 Å². The number of quaternary nitrogens is 2. The van der Waals surface area contributed by atoms with E-state index in [-0.39, 0.29) is 15.0 Å². The van der Waals surface area contributed by atoms with Crippen LogP contribution in [0.3, 0.4) is 0 Å². The zero-order chi connectivity index (χ0) is 10.2. The first-order valence-corrected chi connectivity index (χ1v) is 4.28. The summed E-state index contributed by atoms with van der Waals surface area (Å²) in [5.41, 5.74) is 0. The molecule has 0 spiro atoms. The number of carbonyl (C=O) groups is 1. The molecule has 2 aliphatic rings. The lowest BCUT2D eigenvalue weighted by Crippen LogP contribution is -2.56. The maximum atomic E-state index is 12.2. The number of amides is 2. The Balaban J connectivity index is 2.33. The summed E-state index contributed by atoms with van der Waals surface area (Å²) in [6, 6.07) is -0.0139. The standard InChI is InChI=1S/C9H12N4O/c1-12(5-3-10-7-12)9(14)13(2)6-4-11-8-13/h3-8H,1-2H3/q+2. The Morgan fingerprint density at radius 1 is 1.00 bits per heavy atom. The Bertz CT molecular complexity index is 332. The second-order valence-corrected chi connectivity index (χ2v) is 3.70. The van der Waals surface area contributed by atoms with Crippen molar-refractivity contribution < 1.29 is 13.8 Å². The molecule has 2 amide bonds. The third kappa shape index (κ3) is 1.14. The van der Waals surface area contributed by atoms with Crippen molar-refractivity contribution in [2.45, 2.75) is 0 Å². The second-order valence-electron chi connectivity index (χ2n) is 3.70. The Kier molecular flexibility index (Phi) is 1.73. The predicted molar refractivity (Wildman–Crippen MR) is 53.0 cm³/mol. The van der Waals surface area contributed by atoms with Gasteiger partial charge in [-0.15, -0.1) is 8.97 Å². The first kappa shape index (κ1) is 8.98. The minimum Gasteiger partial charge on any atom is -0.205 e. The van der Waals surface area contributed by atoms with Gasteiger partial charge in [0.2, 0.25) is 12.7 Å². The van der Waals surface area contributed by atoms with Gasteiger partial charge in [-0.25, -0.2) is 9.98 Å². The lowest BCUT2D eigenvalue weighted by atomic mass is 10.5. The third-order valence-corrected chi connectivity index (χ3v) is 2.36. The summed E-state index contributed by atoms with van der Waals surface area (Å²) < 4.78 is 0.152. The molecule has 0 bridgehead atoms. The van der Waals surface area contributed by atoms with Gasteiger partial charge in [-0.05, 0) is 0 Å². The average molecular weight is 192 g/mol. The molecular formula is C9H12N4O+2. The number of hydrogen-bond donors (Lipinski definition) is 0. The number of rotatable bonds is 0. The fourth-order valence-corrected chi connectivity index (χ4v) is 1.48. The highest BCUT2D eigenvalue weighted by Gasteiger charge is 2.47. The Morgan fingerprint density at radius 3 is 1.71 bits per heavy atom. The molecule has 0 aliphatic carbocycles. The van der Waals surface area contributed by atoms with Gasteiger partial charge in [0, 0.05) is 0 Å². The molecule has 0 N–H and O–H groups in total. The molecule has 0 aromatic heterocycles. The quantitative estimate of drug-likeness (QED) is 0.528. The lowest BCUT2D eigenvalue weighted by molar-refractivity contribution is -0.803. The van der Waals surface area contributed by atoms with E-state index >= 15 is 0 Å². The topological polar surface area (TPSA) is 41.8 Å². The molecule has 2 atom stereocenters. The first-order valence-electron chi connectivity index (χ1n) is 4.28. The van der Waals surface area contributed by atoms with Crippen LogP contribution in [-0.2, 0) is 0 Å². The van der Waals surface area contributed by atoms with E-state index in [9.17, 15) is 4.79 Å². The van der Waals surface area contributed by atoms with Crippen LogP contribution in [-0.4, -0.2) is 41.8 Å². The molecule has 14 heavy (non-hydrogen) atoms. The van der Waals surface area contributed by atoms with Crippen LogP contribution in [0.25, 0.3) is 0 Å². The van der Waals surface area contributed by atoms with Gasteiger partial charge < -0.3 is 0 Å². The number of hydrogen-bond acceptors (Lipinski definition) is 3. The number of nitrogens with zero attached hydrogens (tertiary/aromatic N) is 4. The van der Waals surface area contributed by atoms with Gasteiger partial charge in [0.15, 0.2) is 0 Å². The van der Waals surface area contributed by atoms with E-state index in [1.165, 1.54) is 0 Å². The monoisotopic (exact) mass is 192 g/mol. The maximum Gasteiger partial charge on any atom is 0.535 e. The summed E-state index contributed by atoms with van der Waals surface area (Å²) >= 11 is 0. The minimum absolute atomic E-state index is 0.0139. The number of aliphatic imine (C=N–C) groups is 2. The molecule has 0 saturated heterocycles. The van der Waals surface area contributed by atoms with Crippen molar-refractivity contribution in [3.05, 3.63) is 24.8 Å². The van der Waals surface area contributed by atoms with Gasteiger partial charge in [-0.1, -0.05) is 0 Å². The summed E-state index contributed by atoms with van der Waals surface area (Å²) in [5.74, 6) is 0. The summed E-state index contributed by atoms with van der Waals surface area (Å²) in [7, 11) is 3.58. The number of urea groups is 1. The van der Waals surface area contributed by atoms with E-state index in [4.69, 9.17) is 0 Å². The molecule has 72 valence electrons. The van der Waals surface area contributed by atoms with E-state index < -0.39 is 0 Å². The largest absolute Gasteiger partial charge is 0.535 e. The highest BCUT2D eigenvalue weighted by Crippen LogP contribution is 2.18. The van der Waals surface area contributed by atoms with Gasteiger partial charge in [0.1, 0.15) is 12.4 Å². The zero-order valence-electron chi connectivity index (χ0n) is 8.16. The summed E-state index contributed by atoms with van der Waals surface area (Å²) in [6.07, 6.45) is 9.94. The van der Waals surface area contributed by atoms with Crippen LogP contribution >= 0.6 is 0 Å². The van der Waals surface area contributed by atoms with Crippen molar-refractivity contribution in [1.82, 2.24) is 0 Å². The van der Waals surface area contributed by atoms with Crippen LogP contribution in [0.2, 0.25) is 0 Å². The first-order chi connectivity index (χ1) is 6.57. The van der Waals surface area contributed by atoms with Crippen LogP contribution < -0.4 is 0 Å². The van der Waals surface area contributed by atoms with Crippen LogP contribution in [0.5, 0.6) is 0 Å². The van der Waals surface area contributed by atoms with E-state index in [1.807, 2.05) is 0 Å². The Hall–Kier alpha value is -1.59. The summed E-state index contributed by atoms with van der Waals surface area (Å²) in [6.45, 7) is 0. The van der Waals surface area contributed by atoms with Crippen molar-refractivity contribution in [3.8, 4) is 0 Å². The van der Waals surface area contributed by atoms with E-state index in [2.05, 4.69) is 9.98 Å². The van der Waals surface area contributed by atoms with Crippen LogP contribution in [0.15, 0.2) is 34.8 Å². The Labute approximate surface area is 82.2 Å². The fraction of sp³-hybridized carbons (Fsp3) is 0.222. The molecule has 5 nitrogen and oxygen atoms in total. The molecular weight excluding hydrogens is 180 g/mol. The lowest BCUT2D eigenvalue weighted by Gasteiger charge is -2.24. The predicted octanol–water partition coefficient (Wildman–Crippen LogP) is 1.03. The Morgan fingerprint density at radius 2 is 1.43 bits per heavy atom. The highest BCUT2D eigenvalue weighted by molar-refractivity contribution is 5.79. The normalized spacial score (nSPS) is 38.4. The molecule has 0 fully saturated rings. The fourth-order valence-electron chi connectivity index (χ4n) is 1.48. The molecule has 2 rings (SSSR count). The van der Waals surface area contributed by atoms with Crippen molar-refractivity contribution >= 4 is 18.7 Å². The van der Waals surface area contributed by atoms with Crippen LogP contribution in [0, 0.1) is 0 Å². The van der Waals surface area contributed by atoms with E-state index in [0.29, 0.717) is 0 Å². The highest BCUT2D eigenvalue weighted by atomic mass is 16.2. The summed E-state index contributed by atoms with van der Waals surface area (Å²) in [4.78, 5) is 20.0. The second kappa shape index (κ2) is 2.70.